The summed E-state index contributed by atoms with van der Waals surface area (Å²) < 4.78 is 32.6. The fourth-order valence-electron chi connectivity index (χ4n) is 3.95. The number of ether oxygens (including phenoxy) is 1. The Morgan fingerprint density at radius 3 is 1.54 bits per heavy atom. The van der Waals surface area contributed by atoms with Crippen LogP contribution in [0, 0.1) is 11.6 Å². The van der Waals surface area contributed by atoms with E-state index in [9.17, 15) is 8.78 Å². The van der Waals surface area contributed by atoms with Crippen molar-refractivity contribution in [3.63, 3.8) is 0 Å². The maximum atomic E-state index is 13.3. The van der Waals surface area contributed by atoms with Gasteiger partial charge in [-0.15, -0.1) is 0 Å². The summed E-state index contributed by atoms with van der Waals surface area (Å²) in [7, 11) is 0. The molecular formula is C20H15F2NO. The van der Waals surface area contributed by atoms with E-state index in [1.54, 1.807) is 24.3 Å². The largest absolute Gasteiger partial charge is 0.365 e. The van der Waals surface area contributed by atoms with Crippen LogP contribution < -0.4 is 0 Å². The number of benzene rings is 2. The molecule has 1 fully saturated rings. The van der Waals surface area contributed by atoms with Gasteiger partial charge in [-0.05, 0) is 72.5 Å². The average Bonchev–Trinajstić information content (AvgIpc) is 3.28. The van der Waals surface area contributed by atoms with Gasteiger partial charge >= 0.3 is 0 Å². The summed E-state index contributed by atoms with van der Waals surface area (Å²) in [6.07, 6.45) is 2.20. The normalized spacial score (nSPS) is 21.2. The van der Waals surface area contributed by atoms with Gasteiger partial charge in [0.1, 0.15) is 11.6 Å². The standard InChI is InChI=1S/C20H15F2NO/c21-13-5-1-11(2-6-13)19-17-15-9-10-16(24-15)18(17)20(23-19)12-3-7-14(22)8-4-12/h1-8,15-16,23H,9-10H2. The van der Waals surface area contributed by atoms with Crippen LogP contribution in [0.5, 0.6) is 0 Å². The Hall–Kier alpha value is -2.46. The number of rotatable bonds is 2. The van der Waals surface area contributed by atoms with E-state index in [0.717, 1.165) is 35.4 Å². The summed E-state index contributed by atoms with van der Waals surface area (Å²) in [5, 5.41) is 0. The van der Waals surface area contributed by atoms with E-state index in [0.29, 0.717) is 0 Å². The molecule has 0 aliphatic carbocycles. The van der Waals surface area contributed by atoms with Gasteiger partial charge in [-0.25, -0.2) is 8.78 Å². The van der Waals surface area contributed by atoms with Crippen molar-refractivity contribution >= 4 is 0 Å². The summed E-state index contributed by atoms with van der Waals surface area (Å²) in [5.74, 6) is -0.503. The Bertz CT molecular complexity index is 838. The number of hydrogen-bond acceptors (Lipinski definition) is 1. The molecule has 2 aliphatic heterocycles. The van der Waals surface area contributed by atoms with Gasteiger partial charge in [-0.1, -0.05) is 0 Å². The average molecular weight is 323 g/mol. The SMILES string of the molecule is Fc1ccc(-c2[nH]c(-c3ccc(F)cc3)c3c2C2CCC3O2)cc1. The van der Waals surface area contributed by atoms with Crippen LogP contribution in [0.15, 0.2) is 48.5 Å². The molecule has 0 radical (unpaired) electrons. The van der Waals surface area contributed by atoms with Gasteiger partial charge in [0.05, 0.1) is 23.6 Å². The molecule has 2 nitrogen and oxygen atoms in total. The Balaban J connectivity index is 1.72. The minimum absolute atomic E-state index is 0.0931. The minimum Gasteiger partial charge on any atom is -0.365 e. The van der Waals surface area contributed by atoms with E-state index in [-0.39, 0.29) is 23.8 Å². The van der Waals surface area contributed by atoms with Gasteiger partial charge in [-0.3, -0.25) is 0 Å². The van der Waals surface area contributed by atoms with E-state index < -0.39 is 0 Å². The topological polar surface area (TPSA) is 25.0 Å². The lowest BCUT2D eigenvalue weighted by atomic mass is 9.89. The van der Waals surface area contributed by atoms with E-state index in [2.05, 4.69) is 4.98 Å². The highest BCUT2D eigenvalue weighted by atomic mass is 19.1. The second-order valence-corrected chi connectivity index (χ2v) is 6.41. The third kappa shape index (κ3) is 1.96. The third-order valence-corrected chi connectivity index (χ3v) is 5.01. The number of nitrogens with one attached hydrogen (secondary N) is 1. The van der Waals surface area contributed by atoms with Crippen LogP contribution in [-0.2, 0) is 4.74 Å². The van der Waals surface area contributed by atoms with Gasteiger partial charge in [0.25, 0.3) is 0 Å². The Morgan fingerprint density at radius 1 is 0.708 bits per heavy atom. The van der Waals surface area contributed by atoms with Crippen molar-refractivity contribution in [3.8, 4) is 22.5 Å². The van der Waals surface area contributed by atoms with Gasteiger partial charge in [-0.2, -0.15) is 0 Å². The fourth-order valence-corrected chi connectivity index (χ4v) is 3.95. The summed E-state index contributed by atoms with van der Waals surface area (Å²) in [6.45, 7) is 0. The van der Waals surface area contributed by atoms with Crippen molar-refractivity contribution in [2.75, 3.05) is 0 Å². The van der Waals surface area contributed by atoms with Gasteiger partial charge in [0.15, 0.2) is 0 Å². The number of halogens is 2. The molecule has 0 amide bonds. The molecule has 3 heterocycles. The molecule has 2 aromatic carbocycles. The third-order valence-electron chi connectivity index (χ3n) is 5.01. The van der Waals surface area contributed by atoms with E-state index in [1.807, 2.05) is 0 Å². The smallest absolute Gasteiger partial charge is 0.123 e. The summed E-state index contributed by atoms with van der Waals surface area (Å²) in [4.78, 5) is 3.50. The van der Waals surface area contributed by atoms with Crippen LogP contribution in [-0.4, -0.2) is 4.98 Å². The molecule has 4 heteroatoms. The highest BCUT2D eigenvalue weighted by molar-refractivity contribution is 5.78. The summed E-state index contributed by atoms with van der Waals surface area (Å²) in [5.41, 5.74) is 6.21. The quantitative estimate of drug-likeness (QED) is 0.659. The van der Waals surface area contributed by atoms with E-state index in [4.69, 9.17) is 4.74 Å². The first-order valence-corrected chi connectivity index (χ1v) is 8.14. The Morgan fingerprint density at radius 2 is 1.12 bits per heavy atom. The summed E-state index contributed by atoms with van der Waals surface area (Å²) >= 11 is 0. The maximum absolute atomic E-state index is 13.3. The lowest BCUT2D eigenvalue weighted by molar-refractivity contribution is 0.0714. The molecular weight excluding hydrogens is 308 g/mol. The fraction of sp³-hybridized carbons (Fsp3) is 0.200. The van der Waals surface area contributed by atoms with Crippen LogP contribution in [0.3, 0.4) is 0 Å². The van der Waals surface area contributed by atoms with Crippen LogP contribution in [0.2, 0.25) is 0 Å². The number of aromatic amines is 1. The number of aromatic nitrogens is 1. The molecule has 2 unspecified atom stereocenters. The van der Waals surface area contributed by atoms with Crippen molar-refractivity contribution in [2.24, 2.45) is 0 Å². The van der Waals surface area contributed by atoms with E-state index in [1.165, 1.54) is 35.4 Å². The van der Waals surface area contributed by atoms with Crippen LogP contribution >= 0.6 is 0 Å². The predicted molar refractivity (Wildman–Crippen MR) is 87.4 cm³/mol. The second kappa shape index (κ2) is 5.02. The van der Waals surface area contributed by atoms with Gasteiger partial charge < -0.3 is 9.72 Å². The highest BCUT2D eigenvalue weighted by Crippen LogP contribution is 2.56. The lowest BCUT2D eigenvalue weighted by Crippen LogP contribution is -1.96. The molecule has 24 heavy (non-hydrogen) atoms. The molecule has 2 aliphatic rings. The van der Waals surface area contributed by atoms with Crippen molar-refractivity contribution < 1.29 is 13.5 Å². The van der Waals surface area contributed by atoms with Crippen LogP contribution in [0.4, 0.5) is 8.78 Å². The highest BCUT2D eigenvalue weighted by Gasteiger charge is 2.43. The first-order valence-electron chi connectivity index (χ1n) is 8.14. The van der Waals surface area contributed by atoms with Crippen LogP contribution in [0.1, 0.15) is 36.2 Å². The van der Waals surface area contributed by atoms with Crippen molar-refractivity contribution in [3.05, 3.63) is 71.3 Å². The van der Waals surface area contributed by atoms with Crippen molar-refractivity contribution in [1.29, 1.82) is 0 Å². The van der Waals surface area contributed by atoms with E-state index >= 15 is 0 Å². The first kappa shape index (κ1) is 13.9. The predicted octanol–water partition coefficient (Wildman–Crippen LogP) is 5.53. The molecule has 3 aromatic rings. The zero-order valence-electron chi connectivity index (χ0n) is 12.9. The number of hydrogen-bond donors (Lipinski definition) is 1. The minimum atomic E-state index is -0.251. The zero-order valence-corrected chi connectivity index (χ0v) is 12.9. The maximum Gasteiger partial charge on any atom is 0.123 e. The monoisotopic (exact) mass is 323 g/mol. The number of H-pyrrole nitrogens is 1. The molecule has 5 rings (SSSR count). The molecule has 2 bridgehead atoms. The molecule has 120 valence electrons. The Labute approximate surface area is 138 Å². The molecule has 1 N–H and O–H groups in total. The van der Waals surface area contributed by atoms with Gasteiger partial charge in [0, 0.05) is 11.1 Å². The molecule has 0 saturated carbocycles. The van der Waals surface area contributed by atoms with Gasteiger partial charge in [0.2, 0.25) is 0 Å². The van der Waals surface area contributed by atoms with Crippen molar-refractivity contribution in [2.45, 2.75) is 25.0 Å². The molecule has 0 spiro atoms. The summed E-state index contributed by atoms with van der Waals surface area (Å²) in [6, 6.07) is 13.0. The number of fused-ring (bicyclic) bond motifs is 5. The first-order chi connectivity index (χ1) is 11.7. The molecule has 2 atom stereocenters. The lowest BCUT2D eigenvalue weighted by Gasteiger charge is -2.10. The zero-order chi connectivity index (χ0) is 16.3. The molecule has 1 saturated heterocycles. The molecule has 1 aromatic heterocycles. The van der Waals surface area contributed by atoms with Crippen molar-refractivity contribution in [1.82, 2.24) is 4.98 Å². The Kier molecular flexibility index (Phi) is 2.91. The second-order valence-electron chi connectivity index (χ2n) is 6.41. The van der Waals surface area contributed by atoms with Crippen LogP contribution in [0.25, 0.3) is 22.5 Å².